The molecule has 0 saturated carbocycles. The second-order valence-electron chi connectivity index (χ2n) is 16.8. The van der Waals surface area contributed by atoms with Gasteiger partial charge in [0.05, 0.1) is 9.81 Å². The third-order valence-electron chi connectivity index (χ3n) is 11.7. The van der Waals surface area contributed by atoms with Gasteiger partial charge in [0.25, 0.3) is 0 Å². The minimum atomic E-state index is -3.42. The normalized spacial score (nSPS) is 15.3. The molecular formula is C50H76I2O4S5Sn. The van der Waals surface area contributed by atoms with Crippen molar-refractivity contribution in [2.75, 3.05) is 0 Å². The summed E-state index contributed by atoms with van der Waals surface area (Å²) in [5, 5.41) is 0. The number of rotatable bonds is 27. The summed E-state index contributed by atoms with van der Waals surface area (Å²) in [7, 11) is -6.43. The smallest absolute Gasteiger partial charge is 0.218 e. The van der Waals surface area contributed by atoms with Gasteiger partial charge >= 0.3 is 161 Å². The number of thiophene rings is 3. The first-order chi connectivity index (χ1) is 29.8. The molecule has 0 amide bonds. The van der Waals surface area contributed by atoms with Crippen molar-refractivity contribution in [3.05, 3.63) is 90.9 Å². The van der Waals surface area contributed by atoms with Crippen molar-refractivity contribution in [1.29, 1.82) is 0 Å². The number of unbranched alkanes of at least 4 members (excludes halogenated alkanes) is 12. The van der Waals surface area contributed by atoms with Gasteiger partial charge in [-0.1, -0.05) is 52.4 Å². The number of halogens is 2. The minimum absolute atomic E-state index is 0.407. The molecule has 3 aromatic heterocycles. The Kier molecular flexibility index (Phi) is 27.9. The largest absolute Gasteiger partial charge is 0.218 e. The Morgan fingerprint density at radius 3 is 1.11 bits per heavy atom. The molecule has 3 aromatic rings. The molecule has 62 heavy (non-hydrogen) atoms. The zero-order valence-electron chi connectivity index (χ0n) is 38.7. The van der Waals surface area contributed by atoms with Crippen LogP contribution in [0.15, 0.2) is 66.5 Å². The molecule has 0 fully saturated rings. The van der Waals surface area contributed by atoms with Gasteiger partial charge in [-0.15, -0.1) is 22.7 Å². The molecule has 12 heteroatoms. The third kappa shape index (κ3) is 18.0. The standard InChI is InChI=1S/C24H32O2S3.C10H15S.C4H2I2O2S.3C4H9.Sn/c1-3-5-7-9-11-19-13-15-21(27-19)23-17-18-24(29(23,25)26)22-16-14-20(28-22)12-10-8-6-4-2;1-2-3-4-5-7-10-8-6-9-11-10;5-3-1-2-4(6)9(3,7)8;3*1-3-4-2;/h13-18H,3-12H2,1-2H3;6,8H,2-5,7H2,1H3;1-2H;3*1,3-4H2,2H3;. The van der Waals surface area contributed by atoms with Gasteiger partial charge in [0.2, 0.25) is 19.7 Å². The van der Waals surface area contributed by atoms with Gasteiger partial charge in [-0.25, -0.2) is 16.8 Å². The molecule has 0 radical (unpaired) electrons. The van der Waals surface area contributed by atoms with E-state index in [1.165, 1.54) is 132 Å². The van der Waals surface area contributed by atoms with E-state index in [0.29, 0.717) is 15.6 Å². The number of allylic oxidation sites excluding steroid dienone is 4. The summed E-state index contributed by atoms with van der Waals surface area (Å²) in [5.74, 6) is 0. The topological polar surface area (TPSA) is 68.3 Å². The van der Waals surface area contributed by atoms with Gasteiger partial charge in [-0.05, 0) is 119 Å². The Morgan fingerprint density at radius 2 is 0.774 bits per heavy atom. The molecule has 0 aromatic carbocycles. The van der Waals surface area contributed by atoms with Crippen LogP contribution in [0, 0.1) is 0 Å². The molecule has 0 N–H and O–H groups in total. The van der Waals surface area contributed by atoms with E-state index in [2.05, 4.69) is 77.1 Å². The van der Waals surface area contributed by atoms with Crippen LogP contribution in [-0.2, 0) is 38.9 Å². The summed E-state index contributed by atoms with van der Waals surface area (Å²) < 4.78 is 55.8. The van der Waals surface area contributed by atoms with Crippen LogP contribution < -0.4 is 2.89 Å². The number of hydrogen-bond donors (Lipinski definition) is 0. The summed E-state index contributed by atoms with van der Waals surface area (Å²) >= 11 is 6.98. The first kappa shape index (κ1) is 56.5. The summed E-state index contributed by atoms with van der Waals surface area (Å²) in [6.45, 7) is 13.9. The van der Waals surface area contributed by atoms with E-state index in [9.17, 15) is 16.8 Å². The van der Waals surface area contributed by atoms with E-state index in [1.54, 1.807) is 110 Å². The summed E-state index contributed by atoms with van der Waals surface area (Å²) in [4.78, 5) is 6.94. The van der Waals surface area contributed by atoms with E-state index >= 15 is 0 Å². The van der Waals surface area contributed by atoms with E-state index in [0.717, 1.165) is 22.6 Å². The SMILES string of the molecule is CCCCCCc1cc[c]([Sn]([CH2]CCC)([CH2]CCC)[CH2]CCC)s1.CCCCCCc1ccc(C2=CC=C(c3ccc(CCCCCC)s3)S2(=O)=O)s1.O=S1(=O)C(I)=CC=C1I. The molecule has 0 spiro atoms. The Morgan fingerprint density at radius 1 is 0.419 bits per heavy atom. The summed E-state index contributed by atoms with van der Waals surface area (Å²) in [6, 6.07) is 13.2. The first-order valence-corrected chi connectivity index (χ1v) is 38.8. The van der Waals surface area contributed by atoms with Gasteiger partial charge in [-0.2, -0.15) is 0 Å². The van der Waals surface area contributed by atoms with Crippen LogP contribution in [-0.4, -0.2) is 35.2 Å². The molecular weight excluding hydrogens is 1200 g/mol. The molecule has 2 aliphatic heterocycles. The molecule has 2 aliphatic rings. The monoisotopic (exact) mass is 1270 g/mol. The predicted molar refractivity (Wildman–Crippen MR) is 299 cm³/mol. The van der Waals surface area contributed by atoms with E-state index in [-0.39, 0.29) is 0 Å². The van der Waals surface area contributed by atoms with Crippen LogP contribution >= 0.6 is 79.2 Å². The maximum Gasteiger partial charge on any atom is 0.218 e. The average Bonchev–Trinajstić information content (AvgIpc) is 4.11. The molecule has 0 unspecified atom stereocenters. The van der Waals surface area contributed by atoms with Crippen LogP contribution in [0.2, 0.25) is 13.3 Å². The Labute approximate surface area is 422 Å². The van der Waals surface area contributed by atoms with Gasteiger partial charge in [0.15, 0.2) is 0 Å². The van der Waals surface area contributed by atoms with Crippen molar-refractivity contribution in [2.24, 2.45) is 0 Å². The number of hydrogen-bond acceptors (Lipinski definition) is 7. The van der Waals surface area contributed by atoms with Crippen LogP contribution in [0.4, 0.5) is 0 Å². The number of sulfone groups is 2. The van der Waals surface area contributed by atoms with Crippen molar-refractivity contribution >= 4 is 130 Å². The average molecular weight is 1270 g/mol. The molecule has 5 heterocycles. The summed E-state index contributed by atoms with van der Waals surface area (Å²) in [6.07, 6.45) is 34.2. The zero-order valence-corrected chi connectivity index (χ0v) is 49.9. The van der Waals surface area contributed by atoms with Crippen LogP contribution in [0.25, 0.3) is 9.81 Å². The Hall–Kier alpha value is 0.219. The minimum Gasteiger partial charge on any atom is -0.218 e. The molecule has 5 rings (SSSR count). The van der Waals surface area contributed by atoms with Gasteiger partial charge in [-0.3, -0.25) is 0 Å². The second kappa shape index (κ2) is 30.6. The van der Waals surface area contributed by atoms with Crippen molar-refractivity contribution in [3.8, 4) is 0 Å². The Balaban J connectivity index is 0.000000279. The van der Waals surface area contributed by atoms with Crippen LogP contribution in [0.5, 0.6) is 0 Å². The fourth-order valence-corrected chi connectivity index (χ4v) is 36.2. The molecule has 0 bridgehead atoms. The van der Waals surface area contributed by atoms with Gasteiger partial charge in [0, 0.05) is 19.5 Å². The van der Waals surface area contributed by atoms with E-state index in [4.69, 9.17) is 0 Å². The maximum absolute atomic E-state index is 13.2. The quantitative estimate of drug-likeness (QED) is 0.0433. The molecule has 0 saturated heterocycles. The van der Waals surface area contributed by atoms with Crippen LogP contribution in [0.1, 0.15) is 182 Å². The molecule has 348 valence electrons. The fraction of sp³-hybridized carbons (Fsp3) is 0.600. The van der Waals surface area contributed by atoms with Crippen molar-refractivity contribution in [1.82, 2.24) is 0 Å². The van der Waals surface area contributed by atoms with Gasteiger partial charge in [0.1, 0.15) is 5.82 Å². The van der Waals surface area contributed by atoms with Crippen molar-refractivity contribution in [2.45, 2.75) is 190 Å². The summed E-state index contributed by atoms with van der Waals surface area (Å²) in [5.41, 5.74) is 0. The zero-order chi connectivity index (χ0) is 45.4. The molecule has 4 nitrogen and oxygen atoms in total. The third-order valence-corrected chi connectivity index (χ3v) is 41.1. The van der Waals surface area contributed by atoms with E-state index in [1.807, 2.05) is 15.0 Å². The maximum atomic E-state index is 13.2. The number of aryl methyl sites for hydroxylation is 3. The second-order valence-corrected chi connectivity index (χ2v) is 42.1. The predicted octanol–water partition coefficient (Wildman–Crippen LogP) is 17.8. The fourth-order valence-electron chi connectivity index (χ4n) is 7.84. The first-order valence-electron chi connectivity index (χ1n) is 23.8. The van der Waals surface area contributed by atoms with E-state index < -0.39 is 38.1 Å². The Bertz CT molecular complexity index is 1990. The van der Waals surface area contributed by atoms with Crippen molar-refractivity contribution < 1.29 is 16.8 Å². The van der Waals surface area contributed by atoms with Gasteiger partial charge < -0.3 is 0 Å². The molecule has 0 atom stereocenters. The molecule has 0 aliphatic carbocycles. The van der Waals surface area contributed by atoms with Crippen molar-refractivity contribution in [3.63, 3.8) is 0 Å². The van der Waals surface area contributed by atoms with Crippen LogP contribution in [0.3, 0.4) is 0 Å².